The van der Waals surface area contributed by atoms with Gasteiger partial charge in [0, 0.05) is 23.9 Å². The fraction of sp³-hybridized carbons (Fsp3) is 0.333. The molecular formula is C21H23NO6S. The molecule has 0 bridgehead atoms. The number of Topliss-reactive ketones (excluding diaryl/α,β-unsaturated/α-hetero) is 2. The lowest BCUT2D eigenvalue weighted by molar-refractivity contribution is -0.143. The van der Waals surface area contributed by atoms with Crippen molar-refractivity contribution in [2.24, 2.45) is 0 Å². The van der Waals surface area contributed by atoms with Gasteiger partial charge in [-0.3, -0.25) is 19.2 Å². The van der Waals surface area contributed by atoms with E-state index in [1.54, 1.807) is 30.3 Å². The van der Waals surface area contributed by atoms with Crippen molar-refractivity contribution >= 4 is 34.8 Å². The van der Waals surface area contributed by atoms with Crippen molar-refractivity contribution in [2.45, 2.75) is 26.7 Å². The largest absolute Gasteiger partial charge is 0.493 e. The Labute approximate surface area is 173 Å². The van der Waals surface area contributed by atoms with E-state index in [2.05, 4.69) is 5.32 Å². The molecule has 1 aromatic carbocycles. The van der Waals surface area contributed by atoms with Crippen LogP contribution in [0.2, 0.25) is 0 Å². The SMILES string of the molecule is CC(=O)NCCc1ccc(C(=O)COC(=O)CCOc2ccc(C(C)=O)cc2)s1. The Morgan fingerprint density at radius 1 is 1.00 bits per heavy atom. The van der Waals surface area contributed by atoms with E-state index < -0.39 is 5.97 Å². The Morgan fingerprint density at radius 2 is 1.72 bits per heavy atom. The van der Waals surface area contributed by atoms with Gasteiger partial charge in [0.1, 0.15) is 5.75 Å². The summed E-state index contributed by atoms with van der Waals surface area (Å²) in [5, 5.41) is 2.70. The Balaban J connectivity index is 1.68. The second-order valence-electron chi connectivity index (χ2n) is 6.26. The lowest BCUT2D eigenvalue weighted by Gasteiger charge is -2.07. The van der Waals surface area contributed by atoms with E-state index in [9.17, 15) is 19.2 Å². The van der Waals surface area contributed by atoms with Crippen molar-refractivity contribution in [3.63, 3.8) is 0 Å². The van der Waals surface area contributed by atoms with Crippen LogP contribution in [0.15, 0.2) is 36.4 Å². The maximum atomic E-state index is 12.1. The average molecular weight is 417 g/mol. The van der Waals surface area contributed by atoms with E-state index in [-0.39, 0.29) is 37.1 Å². The predicted molar refractivity (Wildman–Crippen MR) is 109 cm³/mol. The molecule has 0 saturated carbocycles. The van der Waals surface area contributed by atoms with Gasteiger partial charge in [0.05, 0.1) is 17.9 Å². The highest BCUT2D eigenvalue weighted by molar-refractivity contribution is 7.14. The summed E-state index contributed by atoms with van der Waals surface area (Å²) in [6.07, 6.45) is 0.649. The van der Waals surface area contributed by atoms with Crippen LogP contribution in [0.4, 0.5) is 0 Å². The topological polar surface area (TPSA) is 98.8 Å². The van der Waals surface area contributed by atoms with Crippen molar-refractivity contribution in [1.29, 1.82) is 0 Å². The third-order valence-corrected chi connectivity index (χ3v) is 5.07. The molecule has 0 saturated heterocycles. The molecule has 7 nitrogen and oxygen atoms in total. The zero-order chi connectivity index (χ0) is 21.2. The molecule has 1 N–H and O–H groups in total. The standard InChI is InChI=1S/C21H23NO6S/c1-14(23)16-3-5-17(6-4-16)27-12-10-21(26)28-13-19(25)20-8-7-18(29-20)9-11-22-15(2)24/h3-8H,9-13H2,1-2H3,(H,22,24). The van der Waals surface area contributed by atoms with Gasteiger partial charge in [-0.15, -0.1) is 11.3 Å². The van der Waals surface area contributed by atoms with Crippen LogP contribution in [-0.4, -0.2) is 43.2 Å². The zero-order valence-electron chi connectivity index (χ0n) is 16.4. The summed E-state index contributed by atoms with van der Waals surface area (Å²) in [4.78, 5) is 47.5. The molecular weight excluding hydrogens is 394 g/mol. The summed E-state index contributed by atoms with van der Waals surface area (Å²) in [6, 6.07) is 10.1. The van der Waals surface area contributed by atoms with Crippen molar-refractivity contribution < 1.29 is 28.7 Å². The number of hydrogen-bond acceptors (Lipinski definition) is 7. The number of carbonyl (C=O) groups excluding carboxylic acids is 4. The van der Waals surface area contributed by atoms with Crippen LogP contribution in [0.25, 0.3) is 0 Å². The highest BCUT2D eigenvalue weighted by Gasteiger charge is 2.13. The molecule has 2 rings (SSSR count). The first kappa shape index (κ1) is 22.3. The first-order valence-electron chi connectivity index (χ1n) is 9.11. The summed E-state index contributed by atoms with van der Waals surface area (Å²) < 4.78 is 10.4. The number of thiophene rings is 1. The van der Waals surface area contributed by atoms with Crippen molar-refractivity contribution in [3.05, 3.63) is 51.7 Å². The van der Waals surface area contributed by atoms with Gasteiger partial charge >= 0.3 is 5.97 Å². The third-order valence-electron chi connectivity index (χ3n) is 3.88. The normalized spacial score (nSPS) is 10.3. The van der Waals surface area contributed by atoms with Gasteiger partial charge in [-0.25, -0.2) is 0 Å². The molecule has 0 aliphatic heterocycles. The summed E-state index contributed by atoms with van der Waals surface area (Å²) in [5.74, 6) is -0.377. The number of ketones is 2. The number of esters is 1. The Kier molecular flexibility index (Phi) is 8.54. The minimum atomic E-state index is -0.527. The van der Waals surface area contributed by atoms with E-state index >= 15 is 0 Å². The minimum Gasteiger partial charge on any atom is -0.493 e. The fourth-order valence-electron chi connectivity index (χ4n) is 2.35. The van der Waals surface area contributed by atoms with Gasteiger partial charge in [0.15, 0.2) is 12.4 Å². The van der Waals surface area contributed by atoms with Crippen LogP contribution < -0.4 is 10.1 Å². The molecule has 29 heavy (non-hydrogen) atoms. The molecule has 0 atom stereocenters. The lowest BCUT2D eigenvalue weighted by Crippen LogP contribution is -2.22. The first-order chi connectivity index (χ1) is 13.8. The van der Waals surface area contributed by atoms with Gasteiger partial charge in [-0.2, -0.15) is 0 Å². The van der Waals surface area contributed by atoms with E-state index in [0.717, 1.165) is 4.88 Å². The maximum absolute atomic E-state index is 12.1. The Hall–Kier alpha value is -3.00. The second-order valence-corrected chi connectivity index (χ2v) is 7.43. The molecule has 0 aliphatic carbocycles. The zero-order valence-corrected chi connectivity index (χ0v) is 17.2. The molecule has 0 spiro atoms. The number of carbonyl (C=O) groups is 4. The summed E-state index contributed by atoms with van der Waals surface area (Å²) >= 11 is 1.32. The number of nitrogens with one attached hydrogen (secondary N) is 1. The Bertz CT molecular complexity index is 872. The molecule has 0 unspecified atom stereocenters. The highest BCUT2D eigenvalue weighted by atomic mass is 32.1. The molecule has 2 aromatic rings. The lowest BCUT2D eigenvalue weighted by atomic mass is 10.1. The molecule has 154 valence electrons. The number of benzene rings is 1. The van der Waals surface area contributed by atoms with E-state index in [4.69, 9.17) is 9.47 Å². The molecule has 1 heterocycles. The van der Waals surface area contributed by atoms with Crippen molar-refractivity contribution in [1.82, 2.24) is 5.32 Å². The fourth-order valence-corrected chi connectivity index (χ4v) is 3.28. The second kappa shape index (κ2) is 11.1. The predicted octanol–water partition coefficient (Wildman–Crippen LogP) is 2.82. The van der Waals surface area contributed by atoms with E-state index in [1.807, 2.05) is 6.07 Å². The van der Waals surface area contributed by atoms with Crippen LogP contribution >= 0.6 is 11.3 Å². The van der Waals surface area contributed by atoms with E-state index in [0.29, 0.717) is 29.2 Å². The van der Waals surface area contributed by atoms with Crippen LogP contribution in [0.5, 0.6) is 5.75 Å². The smallest absolute Gasteiger partial charge is 0.309 e. The summed E-state index contributed by atoms with van der Waals surface area (Å²) in [6.45, 7) is 3.23. The van der Waals surface area contributed by atoms with Gasteiger partial charge < -0.3 is 14.8 Å². The molecule has 0 fully saturated rings. The van der Waals surface area contributed by atoms with Crippen LogP contribution in [0.3, 0.4) is 0 Å². The number of amides is 1. The third kappa shape index (κ3) is 7.87. The van der Waals surface area contributed by atoms with Crippen LogP contribution in [0.1, 0.15) is 45.2 Å². The van der Waals surface area contributed by atoms with E-state index in [1.165, 1.54) is 25.2 Å². The molecule has 0 aliphatic rings. The van der Waals surface area contributed by atoms with Gasteiger partial charge in [0.2, 0.25) is 11.7 Å². The van der Waals surface area contributed by atoms with Crippen molar-refractivity contribution in [3.8, 4) is 5.75 Å². The summed E-state index contributed by atoms with van der Waals surface area (Å²) in [7, 11) is 0. The van der Waals surface area contributed by atoms with Crippen LogP contribution in [-0.2, 0) is 20.7 Å². The van der Waals surface area contributed by atoms with Gasteiger partial charge in [-0.05, 0) is 49.7 Å². The highest BCUT2D eigenvalue weighted by Crippen LogP contribution is 2.18. The monoisotopic (exact) mass is 417 g/mol. The molecule has 8 heteroatoms. The van der Waals surface area contributed by atoms with Crippen molar-refractivity contribution in [2.75, 3.05) is 19.8 Å². The number of rotatable bonds is 11. The first-order valence-corrected chi connectivity index (χ1v) is 9.92. The van der Waals surface area contributed by atoms with Crippen LogP contribution in [0, 0.1) is 0 Å². The maximum Gasteiger partial charge on any atom is 0.309 e. The molecule has 1 aromatic heterocycles. The number of hydrogen-bond donors (Lipinski definition) is 1. The Morgan fingerprint density at radius 3 is 2.38 bits per heavy atom. The molecule has 0 radical (unpaired) electrons. The quantitative estimate of drug-likeness (QED) is 0.446. The molecule has 1 amide bonds. The van der Waals surface area contributed by atoms with Gasteiger partial charge in [-0.1, -0.05) is 0 Å². The van der Waals surface area contributed by atoms with Gasteiger partial charge in [0.25, 0.3) is 0 Å². The minimum absolute atomic E-state index is 0.00808. The average Bonchev–Trinajstić information content (AvgIpc) is 3.15. The summed E-state index contributed by atoms with van der Waals surface area (Å²) in [5.41, 5.74) is 0.585. The number of ether oxygens (including phenoxy) is 2.